The number of nitrogens with zero attached hydrogens (tertiary/aromatic N) is 2. The maximum absolute atomic E-state index is 13.3. The Bertz CT molecular complexity index is 1170. The van der Waals surface area contributed by atoms with Crippen molar-refractivity contribution in [3.63, 3.8) is 0 Å². The van der Waals surface area contributed by atoms with E-state index in [2.05, 4.69) is 0 Å². The number of aromatic nitrogens is 1. The van der Waals surface area contributed by atoms with Crippen molar-refractivity contribution >= 4 is 45.0 Å². The lowest BCUT2D eigenvalue weighted by Crippen LogP contribution is -2.42. The van der Waals surface area contributed by atoms with E-state index in [1.165, 1.54) is 36.2 Å². The Kier molecular flexibility index (Phi) is 6.45. The van der Waals surface area contributed by atoms with Crippen LogP contribution in [0, 0.1) is 0 Å². The summed E-state index contributed by atoms with van der Waals surface area (Å²) in [4.78, 5) is 27.3. The van der Waals surface area contributed by atoms with Gasteiger partial charge in [0.15, 0.2) is 0 Å². The van der Waals surface area contributed by atoms with Gasteiger partial charge in [0.1, 0.15) is 11.4 Å². The molecule has 0 radical (unpaired) electrons. The quantitative estimate of drug-likeness (QED) is 0.507. The van der Waals surface area contributed by atoms with E-state index in [1.807, 2.05) is 33.7 Å². The van der Waals surface area contributed by atoms with Crippen LogP contribution in [0.15, 0.2) is 30.3 Å². The van der Waals surface area contributed by atoms with Crippen LogP contribution in [0.3, 0.4) is 0 Å². The van der Waals surface area contributed by atoms with Gasteiger partial charge in [-0.15, -0.1) is 11.3 Å². The van der Waals surface area contributed by atoms with Gasteiger partial charge in [-0.3, -0.25) is 4.79 Å². The van der Waals surface area contributed by atoms with Gasteiger partial charge in [0, 0.05) is 18.1 Å². The normalized spacial score (nSPS) is 17.5. The van der Waals surface area contributed by atoms with E-state index < -0.39 is 5.97 Å². The lowest BCUT2D eigenvalue weighted by atomic mass is 9.83. The Morgan fingerprint density at radius 2 is 1.79 bits per heavy atom. The molecule has 0 atom stereocenters. The minimum absolute atomic E-state index is 0.0312. The number of carbonyl (C=O) groups is 2. The molecule has 3 aromatic rings. The van der Waals surface area contributed by atoms with Crippen LogP contribution in [-0.4, -0.2) is 52.8 Å². The highest BCUT2D eigenvalue weighted by atomic mass is 35.5. The number of ether oxygens (including phenoxy) is 1. The van der Waals surface area contributed by atoms with Crippen LogP contribution in [0.2, 0.25) is 5.02 Å². The number of carboxylic acid groups (broad SMARTS) is 1. The van der Waals surface area contributed by atoms with Gasteiger partial charge < -0.3 is 19.3 Å². The van der Waals surface area contributed by atoms with Crippen molar-refractivity contribution in [1.82, 2.24) is 9.47 Å². The lowest BCUT2D eigenvalue weighted by Gasteiger charge is -2.28. The largest absolute Gasteiger partial charge is 0.477 e. The first-order chi connectivity index (χ1) is 16.0. The van der Waals surface area contributed by atoms with Gasteiger partial charge in [-0.1, -0.05) is 43.0 Å². The number of morpholine rings is 1. The van der Waals surface area contributed by atoms with Crippen LogP contribution in [0.5, 0.6) is 0 Å². The number of amides is 1. The van der Waals surface area contributed by atoms with Crippen LogP contribution in [-0.2, 0) is 16.1 Å². The number of halogens is 1. The van der Waals surface area contributed by atoms with Crippen molar-refractivity contribution in [1.29, 1.82) is 0 Å². The first-order valence-electron chi connectivity index (χ1n) is 11.5. The molecule has 2 aromatic heterocycles. The second-order valence-corrected chi connectivity index (χ2v) is 10.3. The van der Waals surface area contributed by atoms with E-state index in [1.54, 1.807) is 6.07 Å². The number of hydrogen-bond acceptors (Lipinski definition) is 4. The molecule has 5 rings (SSSR count). The van der Waals surface area contributed by atoms with Gasteiger partial charge in [0.05, 0.1) is 29.1 Å². The van der Waals surface area contributed by atoms with Crippen LogP contribution >= 0.6 is 22.9 Å². The zero-order valence-corrected chi connectivity index (χ0v) is 20.0. The number of carbonyl (C=O) groups excluding carboxylic acids is 1. The standard InChI is InChI=1S/C25H27ClN2O4S/c26-18-8-6-17(7-9-18)23-22(16-4-2-1-3-5-16)24-19(14-20(33-24)25(30)31)28(23)15-21(29)27-10-12-32-13-11-27/h6-9,14,16H,1-5,10-13,15H2,(H,30,31). The Morgan fingerprint density at radius 3 is 2.45 bits per heavy atom. The number of hydrogen-bond donors (Lipinski definition) is 1. The van der Waals surface area contributed by atoms with E-state index >= 15 is 0 Å². The number of fused-ring (bicyclic) bond motifs is 1. The summed E-state index contributed by atoms with van der Waals surface area (Å²) in [7, 11) is 0. The third-order valence-corrected chi connectivity index (χ3v) is 8.17. The predicted molar refractivity (Wildman–Crippen MR) is 130 cm³/mol. The third-order valence-electron chi connectivity index (χ3n) is 6.77. The highest BCUT2D eigenvalue weighted by molar-refractivity contribution is 7.21. The zero-order valence-electron chi connectivity index (χ0n) is 18.4. The van der Waals surface area contributed by atoms with E-state index in [0.29, 0.717) is 42.1 Å². The first kappa shape index (κ1) is 22.4. The van der Waals surface area contributed by atoms with E-state index in [9.17, 15) is 14.7 Å². The number of benzene rings is 1. The Balaban J connectivity index is 1.69. The Hall–Kier alpha value is -2.35. The average Bonchev–Trinajstić information content (AvgIpc) is 3.39. The number of thiophene rings is 1. The SMILES string of the molecule is O=C(O)c1cc2c(s1)c(C1CCCCC1)c(-c1ccc(Cl)cc1)n2CC(=O)N1CCOCC1. The molecule has 0 bridgehead atoms. The van der Waals surface area contributed by atoms with E-state index in [0.717, 1.165) is 34.3 Å². The van der Waals surface area contributed by atoms with Crippen LogP contribution < -0.4 is 0 Å². The molecule has 1 amide bonds. The molecule has 33 heavy (non-hydrogen) atoms. The lowest BCUT2D eigenvalue weighted by molar-refractivity contribution is -0.135. The third kappa shape index (κ3) is 4.42. The van der Waals surface area contributed by atoms with Gasteiger partial charge in [0.2, 0.25) is 5.91 Å². The predicted octanol–water partition coefficient (Wildman–Crippen LogP) is 5.63. The molecule has 0 unspecified atom stereocenters. The molecule has 1 aliphatic heterocycles. The summed E-state index contributed by atoms with van der Waals surface area (Å²) in [6.07, 6.45) is 5.73. The van der Waals surface area contributed by atoms with Crippen molar-refractivity contribution in [2.24, 2.45) is 0 Å². The Morgan fingerprint density at radius 1 is 1.09 bits per heavy atom. The van der Waals surface area contributed by atoms with E-state index in [4.69, 9.17) is 16.3 Å². The fourth-order valence-electron chi connectivity index (χ4n) is 5.16. The maximum Gasteiger partial charge on any atom is 0.345 e. The molecular weight excluding hydrogens is 460 g/mol. The molecular formula is C25H27ClN2O4S. The fourth-order valence-corrected chi connectivity index (χ4v) is 6.41. The minimum Gasteiger partial charge on any atom is -0.477 e. The summed E-state index contributed by atoms with van der Waals surface area (Å²) in [5.41, 5.74) is 4.07. The van der Waals surface area contributed by atoms with Crippen molar-refractivity contribution in [3.05, 3.63) is 45.8 Å². The number of aromatic carboxylic acids is 1. The molecule has 1 saturated carbocycles. The van der Waals surface area contributed by atoms with Crippen molar-refractivity contribution in [2.75, 3.05) is 26.3 Å². The van der Waals surface area contributed by atoms with Crippen molar-refractivity contribution in [2.45, 2.75) is 44.6 Å². The van der Waals surface area contributed by atoms with Gasteiger partial charge in [-0.05, 0) is 48.1 Å². The average molecular weight is 487 g/mol. The smallest absolute Gasteiger partial charge is 0.345 e. The van der Waals surface area contributed by atoms with Gasteiger partial charge in [-0.25, -0.2) is 4.79 Å². The second kappa shape index (κ2) is 9.49. The first-order valence-corrected chi connectivity index (χ1v) is 12.7. The summed E-state index contributed by atoms with van der Waals surface area (Å²) < 4.78 is 8.45. The summed E-state index contributed by atoms with van der Waals surface area (Å²) in [5.74, 6) is -0.541. The summed E-state index contributed by atoms with van der Waals surface area (Å²) in [6.45, 7) is 2.44. The van der Waals surface area contributed by atoms with Gasteiger partial charge in [0.25, 0.3) is 0 Å². The second-order valence-electron chi connectivity index (χ2n) is 8.81. The Labute approximate surface area is 201 Å². The van der Waals surface area contributed by atoms with Crippen molar-refractivity contribution < 1.29 is 19.4 Å². The van der Waals surface area contributed by atoms with Crippen LogP contribution in [0.4, 0.5) is 0 Å². The number of carboxylic acids is 1. The fraction of sp³-hybridized carbons (Fsp3) is 0.440. The molecule has 2 aliphatic rings. The van der Waals surface area contributed by atoms with Crippen LogP contribution in [0.25, 0.3) is 21.5 Å². The molecule has 6 nitrogen and oxygen atoms in total. The monoisotopic (exact) mass is 486 g/mol. The topological polar surface area (TPSA) is 71.8 Å². The summed E-state index contributed by atoms with van der Waals surface area (Å²) in [5, 5.41) is 10.4. The number of rotatable bonds is 5. The molecule has 2 fully saturated rings. The highest BCUT2D eigenvalue weighted by Crippen LogP contribution is 2.47. The molecule has 1 saturated heterocycles. The zero-order chi connectivity index (χ0) is 22.9. The maximum atomic E-state index is 13.3. The molecule has 8 heteroatoms. The van der Waals surface area contributed by atoms with Crippen LogP contribution in [0.1, 0.15) is 53.3 Å². The summed E-state index contributed by atoms with van der Waals surface area (Å²) >= 11 is 7.51. The molecule has 174 valence electrons. The summed E-state index contributed by atoms with van der Waals surface area (Å²) in [6, 6.07) is 9.49. The molecule has 0 spiro atoms. The molecule has 1 aliphatic carbocycles. The van der Waals surface area contributed by atoms with Gasteiger partial charge in [-0.2, -0.15) is 0 Å². The van der Waals surface area contributed by atoms with Gasteiger partial charge >= 0.3 is 5.97 Å². The van der Waals surface area contributed by atoms with Crippen molar-refractivity contribution in [3.8, 4) is 11.3 Å². The minimum atomic E-state index is -0.926. The highest BCUT2D eigenvalue weighted by Gasteiger charge is 2.30. The molecule has 3 heterocycles. The van der Waals surface area contributed by atoms with E-state index in [-0.39, 0.29) is 12.5 Å². The molecule has 1 aromatic carbocycles. The molecule has 1 N–H and O–H groups in total.